The topological polar surface area (TPSA) is 40.5 Å². The maximum atomic E-state index is 11.3. The third-order valence-electron chi connectivity index (χ3n) is 6.15. The van der Waals surface area contributed by atoms with Gasteiger partial charge in [0, 0.05) is 31.7 Å². The van der Waals surface area contributed by atoms with Crippen molar-refractivity contribution in [2.24, 2.45) is 5.92 Å². The van der Waals surface area contributed by atoms with Crippen molar-refractivity contribution in [1.29, 1.82) is 0 Å². The number of likely N-dealkylation sites (tertiary alicyclic amines) is 1. The van der Waals surface area contributed by atoms with Crippen molar-refractivity contribution in [2.45, 2.75) is 72.4 Å². The molecule has 1 rings (SSSR count). The van der Waals surface area contributed by atoms with Crippen LogP contribution in [0.4, 0.5) is 4.79 Å². The standard InChI is InChI=1S/C18H37NO2SSi2/c1-14(2)15(3)17(24(7,8)23(4,5)6)13-22-12-16-10-9-11-19(16)18(20)21/h14,16H,9-13H2,1-8H3,(H,20,21)/b17-15-. The van der Waals surface area contributed by atoms with Crippen LogP contribution in [0.2, 0.25) is 32.7 Å². The molecule has 1 aliphatic rings. The Balaban J connectivity index is 2.85. The lowest BCUT2D eigenvalue weighted by molar-refractivity contribution is 0.144. The summed E-state index contributed by atoms with van der Waals surface area (Å²) in [6, 6.07) is 0.213. The molecule has 0 aromatic rings. The van der Waals surface area contributed by atoms with Gasteiger partial charge in [-0.3, -0.25) is 0 Å². The van der Waals surface area contributed by atoms with E-state index in [9.17, 15) is 9.90 Å². The molecule has 24 heavy (non-hydrogen) atoms. The highest BCUT2D eigenvalue weighted by Crippen LogP contribution is 2.34. The van der Waals surface area contributed by atoms with Gasteiger partial charge in [-0.05, 0) is 25.7 Å². The Labute approximate surface area is 155 Å². The second-order valence-corrected chi connectivity index (χ2v) is 26.6. The molecule has 3 nitrogen and oxygen atoms in total. The van der Waals surface area contributed by atoms with E-state index < -0.39 is 21.3 Å². The van der Waals surface area contributed by atoms with E-state index in [2.05, 4.69) is 53.5 Å². The molecule has 1 N–H and O–H groups in total. The molecule has 140 valence electrons. The highest BCUT2D eigenvalue weighted by Gasteiger charge is 2.41. The summed E-state index contributed by atoms with van der Waals surface area (Å²) in [6.45, 7) is 20.3. The third kappa shape index (κ3) is 5.15. The summed E-state index contributed by atoms with van der Waals surface area (Å²) < 4.78 is 0. The van der Waals surface area contributed by atoms with E-state index in [1.54, 1.807) is 15.7 Å². The molecule has 0 radical (unpaired) electrons. The first kappa shape index (κ1) is 21.8. The van der Waals surface area contributed by atoms with Crippen molar-refractivity contribution in [1.82, 2.24) is 4.90 Å². The second-order valence-electron chi connectivity index (χ2n) is 8.98. The molecule has 1 atom stereocenters. The fourth-order valence-corrected chi connectivity index (χ4v) is 12.2. The van der Waals surface area contributed by atoms with Crippen molar-refractivity contribution >= 4 is 33.0 Å². The Hall–Kier alpha value is -0.206. The monoisotopic (exact) mass is 387 g/mol. The molecule has 1 fully saturated rings. The summed E-state index contributed by atoms with van der Waals surface area (Å²) in [7, 11) is -2.61. The molecule has 1 saturated heterocycles. The Kier molecular flexibility index (Phi) is 7.69. The average molecular weight is 388 g/mol. The summed E-state index contributed by atoms with van der Waals surface area (Å²) in [5, 5.41) is 11.0. The van der Waals surface area contributed by atoms with E-state index in [0.29, 0.717) is 12.5 Å². The molecule has 1 unspecified atom stereocenters. The zero-order chi connectivity index (χ0) is 18.7. The number of amides is 1. The fraction of sp³-hybridized carbons (Fsp3) is 0.833. The van der Waals surface area contributed by atoms with Gasteiger partial charge in [-0.2, -0.15) is 11.8 Å². The summed E-state index contributed by atoms with van der Waals surface area (Å²) in [6.07, 6.45) is 1.29. The molecule has 1 amide bonds. The molecule has 0 aliphatic carbocycles. The van der Waals surface area contributed by atoms with Crippen LogP contribution in [0.5, 0.6) is 0 Å². The van der Waals surface area contributed by atoms with Gasteiger partial charge in [0.2, 0.25) is 0 Å². The molecule has 1 heterocycles. The number of carbonyl (C=O) groups is 1. The quantitative estimate of drug-likeness (QED) is 0.586. The minimum Gasteiger partial charge on any atom is -0.465 e. The lowest BCUT2D eigenvalue weighted by Gasteiger charge is -2.40. The average Bonchev–Trinajstić information content (AvgIpc) is 2.89. The predicted molar refractivity (Wildman–Crippen MR) is 113 cm³/mol. The van der Waals surface area contributed by atoms with Crippen molar-refractivity contribution in [3.05, 3.63) is 10.8 Å². The molecule has 0 spiro atoms. The Morgan fingerprint density at radius 1 is 1.25 bits per heavy atom. The van der Waals surface area contributed by atoms with Crippen molar-refractivity contribution in [3.8, 4) is 0 Å². The van der Waals surface area contributed by atoms with E-state index in [1.807, 2.05) is 11.8 Å². The summed E-state index contributed by atoms with van der Waals surface area (Å²) in [5.74, 6) is 2.64. The number of nitrogens with zero attached hydrogens (tertiary/aromatic N) is 1. The third-order valence-corrected chi connectivity index (χ3v) is 25.5. The number of rotatable bonds is 7. The Morgan fingerprint density at radius 2 is 1.83 bits per heavy atom. The first-order valence-electron chi connectivity index (χ1n) is 9.17. The lowest BCUT2D eigenvalue weighted by Crippen LogP contribution is -2.55. The molecule has 0 saturated carbocycles. The Bertz CT molecular complexity index is 484. The minimum absolute atomic E-state index is 0.213. The zero-order valence-electron chi connectivity index (χ0n) is 16.9. The van der Waals surface area contributed by atoms with Gasteiger partial charge < -0.3 is 10.0 Å². The van der Waals surface area contributed by atoms with Crippen molar-refractivity contribution in [3.63, 3.8) is 0 Å². The molecular weight excluding hydrogens is 350 g/mol. The molecule has 6 heteroatoms. The van der Waals surface area contributed by atoms with Crippen LogP contribution < -0.4 is 0 Å². The first-order valence-corrected chi connectivity index (χ1v) is 17.8. The second kappa shape index (κ2) is 8.45. The van der Waals surface area contributed by atoms with Gasteiger partial charge in [0.15, 0.2) is 0 Å². The van der Waals surface area contributed by atoms with Gasteiger partial charge in [-0.1, -0.05) is 57.4 Å². The van der Waals surface area contributed by atoms with Crippen LogP contribution in [-0.4, -0.2) is 55.4 Å². The normalized spacial score (nSPS) is 20.5. The van der Waals surface area contributed by atoms with Gasteiger partial charge in [0.1, 0.15) is 0 Å². The van der Waals surface area contributed by atoms with Gasteiger partial charge in [-0.25, -0.2) is 4.79 Å². The van der Waals surface area contributed by atoms with Crippen molar-refractivity contribution in [2.75, 3.05) is 18.1 Å². The predicted octanol–water partition coefficient (Wildman–Crippen LogP) is 5.50. The highest BCUT2D eigenvalue weighted by molar-refractivity contribution is 7.99. The minimum atomic E-state index is -1.41. The Morgan fingerprint density at radius 3 is 2.29 bits per heavy atom. The van der Waals surface area contributed by atoms with Crippen LogP contribution >= 0.6 is 11.8 Å². The molecule has 0 bridgehead atoms. The van der Waals surface area contributed by atoms with Crippen molar-refractivity contribution < 1.29 is 9.90 Å². The van der Waals surface area contributed by atoms with Crippen LogP contribution in [0.3, 0.4) is 0 Å². The summed E-state index contributed by atoms with van der Waals surface area (Å²) in [5.41, 5.74) is 1.59. The maximum absolute atomic E-state index is 11.3. The van der Waals surface area contributed by atoms with E-state index in [1.165, 1.54) is 0 Å². The zero-order valence-corrected chi connectivity index (χ0v) is 19.7. The van der Waals surface area contributed by atoms with Crippen LogP contribution in [0.1, 0.15) is 33.6 Å². The summed E-state index contributed by atoms with van der Waals surface area (Å²) >= 11 is 1.96. The van der Waals surface area contributed by atoms with Gasteiger partial charge in [-0.15, -0.1) is 0 Å². The number of carboxylic acid groups (broad SMARTS) is 1. The lowest BCUT2D eigenvalue weighted by atomic mass is 10.1. The van der Waals surface area contributed by atoms with Crippen LogP contribution in [-0.2, 0) is 0 Å². The molecule has 0 aromatic carbocycles. The largest absolute Gasteiger partial charge is 0.465 e. The number of allylic oxidation sites excluding steroid dienone is 1. The summed E-state index contributed by atoms with van der Waals surface area (Å²) in [4.78, 5) is 13.0. The molecule has 1 aliphatic heterocycles. The van der Waals surface area contributed by atoms with E-state index >= 15 is 0 Å². The fourth-order valence-electron chi connectivity index (χ4n) is 3.15. The first-order chi connectivity index (χ1) is 10.9. The highest BCUT2D eigenvalue weighted by atomic mass is 32.2. The van der Waals surface area contributed by atoms with Crippen LogP contribution in [0, 0.1) is 5.92 Å². The van der Waals surface area contributed by atoms with E-state index in [0.717, 1.165) is 24.3 Å². The number of thioether (sulfide) groups is 1. The smallest absolute Gasteiger partial charge is 0.407 e. The van der Waals surface area contributed by atoms with Crippen LogP contribution in [0.25, 0.3) is 0 Å². The van der Waals surface area contributed by atoms with Gasteiger partial charge in [0.25, 0.3) is 0 Å². The van der Waals surface area contributed by atoms with E-state index in [-0.39, 0.29) is 6.04 Å². The maximum Gasteiger partial charge on any atom is 0.407 e. The van der Waals surface area contributed by atoms with Gasteiger partial charge in [0.05, 0.1) is 7.59 Å². The van der Waals surface area contributed by atoms with Crippen LogP contribution in [0.15, 0.2) is 10.8 Å². The molecular formula is C18H37NO2SSi2. The number of hydrogen-bond acceptors (Lipinski definition) is 2. The van der Waals surface area contributed by atoms with E-state index in [4.69, 9.17) is 0 Å². The van der Waals surface area contributed by atoms with Gasteiger partial charge >= 0.3 is 6.09 Å². The number of hydrogen-bond donors (Lipinski definition) is 1. The SMILES string of the molecule is C/C(=C(\CSCC1CCCN1C(=O)O)[Si](C)(C)[Si](C)(C)C)C(C)C. The molecule has 0 aromatic heterocycles.